The van der Waals surface area contributed by atoms with Crippen LogP contribution in [0.5, 0.6) is 0 Å². The quantitative estimate of drug-likeness (QED) is 0.590. The number of amides is 1. The van der Waals surface area contributed by atoms with E-state index in [0.29, 0.717) is 5.56 Å². The molecule has 0 fully saturated rings. The molecule has 0 bridgehead atoms. The van der Waals surface area contributed by atoms with E-state index < -0.39 is 0 Å². The first kappa shape index (κ1) is 10.1. The minimum absolute atomic E-state index is 0.0773. The van der Waals surface area contributed by atoms with Crippen LogP contribution in [-0.4, -0.2) is 16.6 Å². The number of pyridine rings is 1. The fourth-order valence-corrected chi connectivity index (χ4v) is 1.33. The molecule has 4 heteroatoms. The minimum atomic E-state index is -0.0773. The lowest BCUT2D eigenvalue weighted by Gasteiger charge is -2.01. The number of nitrogens with zero attached hydrogens (tertiary/aromatic N) is 1. The molecule has 70 valence electrons. The number of rotatable bonds is 4. The van der Waals surface area contributed by atoms with Gasteiger partial charge in [-0.25, -0.2) is 0 Å². The van der Waals surface area contributed by atoms with Gasteiger partial charge >= 0.3 is 0 Å². The van der Waals surface area contributed by atoms with Crippen molar-refractivity contribution in [2.24, 2.45) is 0 Å². The molecule has 1 amide bonds. The van der Waals surface area contributed by atoms with Crippen molar-refractivity contribution in [3.8, 4) is 0 Å². The highest BCUT2D eigenvalue weighted by Crippen LogP contribution is 2.01. The Labute approximate surface area is 82.1 Å². The molecule has 3 nitrogen and oxygen atoms in total. The third-order valence-electron chi connectivity index (χ3n) is 1.39. The molecule has 1 aromatic rings. The van der Waals surface area contributed by atoms with Gasteiger partial charge in [0.25, 0.3) is 5.91 Å². The average molecular weight is 196 g/mol. The van der Waals surface area contributed by atoms with Crippen LogP contribution in [0.1, 0.15) is 23.7 Å². The Balaban J connectivity index is 2.40. The molecule has 0 spiro atoms. The predicted molar refractivity (Wildman–Crippen MR) is 54.5 cm³/mol. The van der Waals surface area contributed by atoms with Crippen LogP contribution in [0.15, 0.2) is 24.5 Å². The molecule has 0 aliphatic carbocycles. The van der Waals surface area contributed by atoms with Crippen molar-refractivity contribution in [2.75, 3.05) is 5.75 Å². The average Bonchev–Trinajstić information content (AvgIpc) is 2.19. The third kappa shape index (κ3) is 3.46. The van der Waals surface area contributed by atoms with Gasteiger partial charge in [-0.2, -0.15) is 0 Å². The van der Waals surface area contributed by atoms with E-state index in [1.54, 1.807) is 24.5 Å². The molecule has 0 saturated heterocycles. The van der Waals surface area contributed by atoms with Gasteiger partial charge in [-0.15, -0.1) is 0 Å². The van der Waals surface area contributed by atoms with Crippen molar-refractivity contribution >= 4 is 17.9 Å². The highest BCUT2D eigenvalue weighted by atomic mass is 32.2. The van der Waals surface area contributed by atoms with E-state index in [2.05, 4.69) is 16.6 Å². The van der Waals surface area contributed by atoms with Crippen LogP contribution in [0.2, 0.25) is 0 Å². The Bertz CT molecular complexity index is 264. The summed E-state index contributed by atoms with van der Waals surface area (Å²) in [6.07, 6.45) is 4.26. The zero-order valence-corrected chi connectivity index (χ0v) is 8.30. The van der Waals surface area contributed by atoms with E-state index in [4.69, 9.17) is 0 Å². The van der Waals surface area contributed by atoms with Crippen LogP contribution in [0.3, 0.4) is 0 Å². The van der Waals surface area contributed by atoms with Crippen LogP contribution < -0.4 is 4.72 Å². The molecule has 0 saturated carbocycles. The lowest BCUT2D eigenvalue weighted by Crippen LogP contribution is -2.16. The maximum absolute atomic E-state index is 11.3. The van der Waals surface area contributed by atoms with Gasteiger partial charge in [0.2, 0.25) is 0 Å². The molecule has 1 rings (SSSR count). The molecule has 1 heterocycles. The summed E-state index contributed by atoms with van der Waals surface area (Å²) in [5.74, 6) is 0.859. The number of aromatic nitrogens is 1. The molecule has 1 N–H and O–H groups in total. The number of hydrogen-bond acceptors (Lipinski definition) is 3. The first-order chi connectivity index (χ1) is 6.34. The van der Waals surface area contributed by atoms with Crippen molar-refractivity contribution in [1.82, 2.24) is 9.71 Å². The second-order valence-corrected chi connectivity index (χ2v) is 3.42. The summed E-state index contributed by atoms with van der Waals surface area (Å²) in [7, 11) is 0. The zero-order chi connectivity index (χ0) is 9.52. The molecule has 0 aromatic carbocycles. The Hall–Kier alpha value is -1.03. The summed E-state index contributed by atoms with van der Waals surface area (Å²) in [6, 6.07) is 3.49. The molecule has 0 aliphatic rings. The van der Waals surface area contributed by atoms with Gasteiger partial charge in [-0.05, 0) is 18.6 Å². The fourth-order valence-electron chi connectivity index (χ4n) is 0.775. The van der Waals surface area contributed by atoms with Crippen LogP contribution in [0, 0.1) is 0 Å². The fraction of sp³-hybridized carbons (Fsp3) is 0.333. The largest absolute Gasteiger partial charge is 0.296 e. The number of hydrogen-bond donors (Lipinski definition) is 1. The first-order valence-corrected chi connectivity index (χ1v) is 5.15. The molecule has 0 atom stereocenters. The van der Waals surface area contributed by atoms with E-state index >= 15 is 0 Å². The van der Waals surface area contributed by atoms with E-state index in [-0.39, 0.29) is 5.91 Å². The summed E-state index contributed by atoms with van der Waals surface area (Å²) in [6.45, 7) is 2.07. The van der Waals surface area contributed by atoms with Gasteiger partial charge in [0.15, 0.2) is 0 Å². The minimum Gasteiger partial charge on any atom is -0.296 e. The van der Waals surface area contributed by atoms with Crippen molar-refractivity contribution in [3.05, 3.63) is 30.1 Å². The second kappa shape index (κ2) is 5.59. The Morgan fingerprint density at radius 1 is 1.69 bits per heavy atom. The number of carbonyl (C=O) groups excluding carboxylic acids is 1. The van der Waals surface area contributed by atoms with Gasteiger partial charge in [0, 0.05) is 18.1 Å². The van der Waals surface area contributed by atoms with Gasteiger partial charge in [-0.1, -0.05) is 18.9 Å². The van der Waals surface area contributed by atoms with Gasteiger partial charge < -0.3 is 0 Å². The van der Waals surface area contributed by atoms with E-state index in [1.165, 1.54) is 11.9 Å². The highest BCUT2D eigenvalue weighted by molar-refractivity contribution is 7.97. The smallest absolute Gasteiger partial charge is 0.262 e. The van der Waals surface area contributed by atoms with Crippen LogP contribution in [0.25, 0.3) is 0 Å². The molecular formula is C9H12N2OS. The van der Waals surface area contributed by atoms with Crippen LogP contribution in [-0.2, 0) is 0 Å². The van der Waals surface area contributed by atoms with E-state index in [1.807, 2.05) is 0 Å². The normalized spacial score (nSPS) is 9.62. The molecule has 1 aromatic heterocycles. The topological polar surface area (TPSA) is 42.0 Å². The SMILES string of the molecule is CCCSNC(=O)c1cccnc1. The Morgan fingerprint density at radius 2 is 2.54 bits per heavy atom. The third-order valence-corrected chi connectivity index (χ3v) is 2.34. The van der Waals surface area contributed by atoms with Crippen molar-refractivity contribution < 1.29 is 4.79 Å². The van der Waals surface area contributed by atoms with Crippen molar-refractivity contribution in [3.63, 3.8) is 0 Å². The second-order valence-electron chi connectivity index (χ2n) is 2.52. The van der Waals surface area contributed by atoms with Crippen molar-refractivity contribution in [2.45, 2.75) is 13.3 Å². The molecule has 0 aliphatic heterocycles. The van der Waals surface area contributed by atoms with Gasteiger partial charge in [0.05, 0.1) is 5.56 Å². The lowest BCUT2D eigenvalue weighted by molar-refractivity contribution is 0.0984. The predicted octanol–water partition coefficient (Wildman–Crippen LogP) is 1.87. The Morgan fingerprint density at radius 3 is 3.15 bits per heavy atom. The summed E-state index contributed by atoms with van der Waals surface area (Å²) >= 11 is 1.43. The molecular weight excluding hydrogens is 184 g/mol. The van der Waals surface area contributed by atoms with Gasteiger partial charge in [-0.3, -0.25) is 14.5 Å². The highest BCUT2D eigenvalue weighted by Gasteiger charge is 2.02. The van der Waals surface area contributed by atoms with Gasteiger partial charge in [0.1, 0.15) is 0 Å². The van der Waals surface area contributed by atoms with E-state index in [9.17, 15) is 4.79 Å². The zero-order valence-electron chi connectivity index (χ0n) is 7.49. The van der Waals surface area contributed by atoms with Crippen LogP contribution >= 0.6 is 11.9 Å². The lowest BCUT2D eigenvalue weighted by atomic mass is 10.3. The monoisotopic (exact) mass is 196 g/mol. The number of carbonyl (C=O) groups is 1. The van der Waals surface area contributed by atoms with Crippen molar-refractivity contribution in [1.29, 1.82) is 0 Å². The summed E-state index contributed by atoms with van der Waals surface area (Å²) < 4.78 is 2.74. The summed E-state index contributed by atoms with van der Waals surface area (Å²) in [5, 5.41) is 0. The molecule has 0 radical (unpaired) electrons. The Kier molecular flexibility index (Phi) is 4.32. The maximum Gasteiger partial charge on any atom is 0.262 e. The maximum atomic E-state index is 11.3. The molecule has 0 unspecified atom stereocenters. The molecule has 13 heavy (non-hydrogen) atoms. The van der Waals surface area contributed by atoms with E-state index in [0.717, 1.165) is 12.2 Å². The standard InChI is InChI=1S/C9H12N2OS/c1-2-6-13-11-9(12)8-4-3-5-10-7-8/h3-5,7H,2,6H2,1H3,(H,11,12). The van der Waals surface area contributed by atoms with Crippen LogP contribution in [0.4, 0.5) is 0 Å². The summed E-state index contributed by atoms with van der Waals surface area (Å²) in [4.78, 5) is 15.2. The summed E-state index contributed by atoms with van der Waals surface area (Å²) in [5.41, 5.74) is 0.603. The number of nitrogens with one attached hydrogen (secondary N) is 1. The first-order valence-electron chi connectivity index (χ1n) is 4.16.